The van der Waals surface area contributed by atoms with Crippen molar-refractivity contribution >= 4 is 11.3 Å². The maximum Gasteiger partial charge on any atom is 0.119 e. The van der Waals surface area contributed by atoms with Gasteiger partial charge >= 0.3 is 0 Å². The van der Waals surface area contributed by atoms with Crippen LogP contribution in [0.4, 0.5) is 0 Å². The molecule has 1 aliphatic rings. The summed E-state index contributed by atoms with van der Waals surface area (Å²) in [5.41, 5.74) is 2.33. The Hall–Kier alpha value is -1.87. The Morgan fingerprint density at radius 1 is 1.33 bits per heavy atom. The number of hydrogen-bond donors (Lipinski definition) is 1. The fourth-order valence-electron chi connectivity index (χ4n) is 3.20. The molecule has 0 spiro atoms. The molecule has 126 valence electrons. The standard InChI is InChI=1S/C19H22N2O2S/c20-9-7-15-3-5-18(6-4-15)23-13-17(22)12-21-10-1-2-19(21)16-8-11-24-14-16/h3-6,8,11,14,17,19,22H,1-2,7,10,12-13H2/t17-,19-/m1/s1. The molecule has 2 heterocycles. The Kier molecular flexibility index (Phi) is 5.86. The summed E-state index contributed by atoms with van der Waals surface area (Å²) in [6, 6.07) is 12.2. The minimum atomic E-state index is -0.511. The Balaban J connectivity index is 1.48. The third-order valence-corrected chi connectivity index (χ3v) is 5.09. The van der Waals surface area contributed by atoms with Gasteiger partial charge in [0.05, 0.1) is 12.5 Å². The van der Waals surface area contributed by atoms with Crippen LogP contribution in [0, 0.1) is 11.3 Å². The highest BCUT2D eigenvalue weighted by Gasteiger charge is 2.27. The van der Waals surface area contributed by atoms with Gasteiger partial charge in [0.1, 0.15) is 18.5 Å². The van der Waals surface area contributed by atoms with Crippen LogP contribution in [0.3, 0.4) is 0 Å². The molecule has 0 amide bonds. The van der Waals surface area contributed by atoms with Crippen LogP contribution in [0.15, 0.2) is 41.1 Å². The fourth-order valence-corrected chi connectivity index (χ4v) is 3.90. The Morgan fingerprint density at radius 2 is 2.17 bits per heavy atom. The zero-order valence-electron chi connectivity index (χ0n) is 13.6. The van der Waals surface area contributed by atoms with Gasteiger partial charge in [-0.25, -0.2) is 0 Å². The maximum atomic E-state index is 10.3. The average Bonchev–Trinajstić information content (AvgIpc) is 3.25. The summed E-state index contributed by atoms with van der Waals surface area (Å²) in [4.78, 5) is 2.35. The second kappa shape index (κ2) is 8.29. The molecular formula is C19H22N2O2S. The summed E-state index contributed by atoms with van der Waals surface area (Å²) in [5, 5.41) is 23.3. The molecule has 1 fully saturated rings. The van der Waals surface area contributed by atoms with E-state index in [4.69, 9.17) is 10.00 Å². The van der Waals surface area contributed by atoms with Crippen LogP contribution in [0.5, 0.6) is 5.75 Å². The number of benzene rings is 1. The van der Waals surface area contributed by atoms with Gasteiger partial charge in [-0.1, -0.05) is 12.1 Å². The van der Waals surface area contributed by atoms with E-state index in [2.05, 4.69) is 27.8 Å². The number of nitriles is 1. The van der Waals surface area contributed by atoms with Crippen molar-refractivity contribution < 1.29 is 9.84 Å². The molecule has 5 heteroatoms. The molecule has 1 saturated heterocycles. The van der Waals surface area contributed by atoms with Crippen LogP contribution in [0.1, 0.15) is 30.0 Å². The number of aliphatic hydroxyl groups excluding tert-OH is 1. The molecule has 2 aromatic rings. The molecule has 0 saturated carbocycles. The number of β-amino-alcohol motifs (C(OH)–C–C–N with tert-alkyl or cyclic N) is 1. The van der Waals surface area contributed by atoms with Crippen molar-refractivity contribution in [3.8, 4) is 11.8 Å². The molecule has 1 aromatic heterocycles. The van der Waals surface area contributed by atoms with Gasteiger partial charge in [-0.2, -0.15) is 16.6 Å². The van der Waals surface area contributed by atoms with E-state index >= 15 is 0 Å². The lowest BCUT2D eigenvalue weighted by atomic mass is 10.1. The van der Waals surface area contributed by atoms with Crippen molar-refractivity contribution in [2.24, 2.45) is 0 Å². The van der Waals surface area contributed by atoms with Crippen molar-refractivity contribution in [2.45, 2.75) is 31.4 Å². The van der Waals surface area contributed by atoms with Gasteiger partial charge in [-0.3, -0.25) is 4.90 Å². The minimum Gasteiger partial charge on any atom is -0.491 e. The van der Waals surface area contributed by atoms with Crippen molar-refractivity contribution in [1.29, 1.82) is 5.26 Å². The lowest BCUT2D eigenvalue weighted by molar-refractivity contribution is 0.0639. The van der Waals surface area contributed by atoms with Crippen LogP contribution in [-0.4, -0.2) is 35.8 Å². The van der Waals surface area contributed by atoms with Crippen molar-refractivity contribution in [1.82, 2.24) is 4.90 Å². The number of rotatable bonds is 7. The molecule has 4 nitrogen and oxygen atoms in total. The van der Waals surface area contributed by atoms with E-state index in [0.717, 1.165) is 24.3 Å². The van der Waals surface area contributed by atoms with E-state index in [1.54, 1.807) is 11.3 Å². The first kappa shape index (κ1) is 17.0. The van der Waals surface area contributed by atoms with E-state index in [1.807, 2.05) is 24.3 Å². The number of ether oxygens (including phenoxy) is 1. The van der Waals surface area contributed by atoms with Gasteiger partial charge in [0.15, 0.2) is 0 Å². The molecule has 0 unspecified atom stereocenters. The summed E-state index contributed by atoms with van der Waals surface area (Å²) in [7, 11) is 0. The monoisotopic (exact) mass is 342 g/mol. The van der Waals surface area contributed by atoms with E-state index in [0.29, 0.717) is 19.0 Å². The van der Waals surface area contributed by atoms with Gasteiger partial charge in [0.25, 0.3) is 0 Å². The van der Waals surface area contributed by atoms with Crippen LogP contribution in [0.2, 0.25) is 0 Å². The minimum absolute atomic E-state index is 0.282. The van der Waals surface area contributed by atoms with Crippen LogP contribution in [-0.2, 0) is 6.42 Å². The van der Waals surface area contributed by atoms with Crippen LogP contribution in [0.25, 0.3) is 0 Å². The second-order valence-corrected chi connectivity index (χ2v) is 6.93. The number of nitrogens with zero attached hydrogens (tertiary/aromatic N) is 2. The molecule has 0 radical (unpaired) electrons. The summed E-state index contributed by atoms with van der Waals surface area (Å²) in [5.74, 6) is 0.728. The number of likely N-dealkylation sites (tertiary alicyclic amines) is 1. The number of thiophene rings is 1. The number of aliphatic hydroxyl groups is 1. The first-order valence-corrected chi connectivity index (χ1v) is 9.23. The van der Waals surface area contributed by atoms with E-state index < -0.39 is 6.10 Å². The van der Waals surface area contributed by atoms with Crippen molar-refractivity contribution in [3.63, 3.8) is 0 Å². The zero-order chi connectivity index (χ0) is 16.8. The van der Waals surface area contributed by atoms with Crippen LogP contribution >= 0.6 is 11.3 Å². The molecule has 2 atom stereocenters. The molecule has 1 N–H and O–H groups in total. The normalized spacial score (nSPS) is 19.1. The van der Waals surface area contributed by atoms with Gasteiger partial charge in [0, 0.05) is 12.6 Å². The molecule has 0 aliphatic carbocycles. The predicted molar refractivity (Wildman–Crippen MR) is 95.1 cm³/mol. The average molecular weight is 342 g/mol. The van der Waals surface area contributed by atoms with E-state index in [-0.39, 0.29) is 6.61 Å². The maximum absolute atomic E-state index is 10.3. The van der Waals surface area contributed by atoms with Gasteiger partial charge in [-0.05, 0) is 59.5 Å². The van der Waals surface area contributed by atoms with Gasteiger partial charge in [0.2, 0.25) is 0 Å². The Labute approximate surface area is 146 Å². The Bertz CT molecular complexity index is 664. The third-order valence-electron chi connectivity index (χ3n) is 4.39. The van der Waals surface area contributed by atoms with E-state index in [1.165, 1.54) is 12.0 Å². The summed E-state index contributed by atoms with van der Waals surface area (Å²) < 4.78 is 5.68. The highest BCUT2D eigenvalue weighted by atomic mass is 32.1. The molecular weight excluding hydrogens is 320 g/mol. The molecule has 1 aromatic carbocycles. The quantitative estimate of drug-likeness (QED) is 0.838. The highest BCUT2D eigenvalue weighted by molar-refractivity contribution is 7.07. The molecule has 3 rings (SSSR count). The molecule has 24 heavy (non-hydrogen) atoms. The summed E-state index contributed by atoms with van der Waals surface area (Å²) in [6.07, 6.45) is 2.23. The summed E-state index contributed by atoms with van der Waals surface area (Å²) >= 11 is 1.73. The zero-order valence-corrected chi connectivity index (χ0v) is 14.4. The topological polar surface area (TPSA) is 56.5 Å². The summed E-state index contributed by atoms with van der Waals surface area (Å²) in [6.45, 7) is 1.94. The van der Waals surface area contributed by atoms with Gasteiger partial charge < -0.3 is 9.84 Å². The van der Waals surface area contributed by atoms with Crippen molar-refractivity contribution in [3.05, 3.63) is 52.2 Å². The lowest BCUT2D eigenvalue weighted by Crippen LogP contribution is -2.35. The Morgan fingerprint density at radius 3 is 2.88 bits per heavy atom. The second-order valence-electron chi connectivity index (χ2n) is 6.15. The predicted octanol–water partition coefficient (Wildman–Crippen LogP) is 3.39. The first-order chi connectivity index (χ1) is 11.8. The first-order valence-electron chi connectivity index (χ1n) is 8.29. The van der Waals surface area contributed by atoms with E-state index in [9.17, 15) is 5.11 Å². The molecule has 1 aliphatic heterocycles. The van der Waals surface area contributed by atoms with Crippen LogP contribution < -0.4 is 4.74 Å². The smallest absolute Gasteiger partial charge is 0.119 e. The highest BCUT2D eigenvalue weighted by Crippen LogP contribution is 2.32. The fraction of sp³-hybridized carbons (Fsp3) is 0.421. The third kappa shape index (κ3) is 4.35. The lowest BCUT2D eigenvalue weighted by Gasteiger charge is -2.26. The number of hydrogen-bond acceptors (Lipinski definition) is 5. The van der Waals surface area contributed by atoms with Crippen molar-refractivity contribution in [2.75, 3.05) is 19.7 Å². The van der Waals surface area contributed by atoms with Gasteiger partial charge in [-0.15, -0.1) is 0 Å². The largest absolute Gasteiger partial charge is 0.491 e. The molecule has 0 bridgehead atoms. The SMILES string of the molecule is N#CCc1ccc(OC[C@H](O)CN2CCC[C@@H]2c2ccsc2)cc1.